The number of piperidine rings is 1. The lowest BCUT2D eigenvalue weighted by atomic mass is 9.78. The zero-order valence-electron chi connectivity index (χ0n) is 54.7. The minimum Gasteiger partial charge on any atom is -0.460 e. The highest BCUT2D eigenvalue weighted by atomic mass is 16.6. The molecule has 0 aromatic carbocycles. The highest BCUT2D eigenvalue weighted by Gasteiger charge is 2.53. The number of ether oxygens (including phenoxy) is 7. The molecular weight excluding hydrogens is 1140 g/mol. The number of hydrogen-bond acceptors (Lipinski definition) is 19. The Hall–Kier alpha value is -5.46. The standard InChI is InChI=1S/C67H104N6O16/c1-12-31-86-32-25-58(75)71-27-29-72(30-28-71)65-68-39-50(40-69-65)41-70-66(81)88-54-24-22-49(36-57(54)84-10)35-45(5)56-38-53(74)44(4)34-47(7)60(77)61(85-11)59(76)46(6)33-42(2)18-14-13-15-19-43(3)55(83-9)37-51-23-21-48(8)67(82,89-51)62(78)63(79)73-26-17-16-20-52(73)64(80)87-56/h13-15,18-19,34,39-40,42,44-46,48-49,51-57,60-61,74,77,82H,12,16-17,20-33,35-38,41H2,1-11H3,(H,70,81)/b15-13+,18-14+,43-19+,47-34+/t42-,44-,45-,46-,48-,49+,51+,52+,53-,54-,55+,56+,57-,60-,61+,67-/m1/s1. The number of rotatable bonds is 15. The summed E-state index contributed by atoms with van der Waals surface area (Å²) in [5.74, 6) is -7.22. The lowest BCUT2D eigenvalue weighted by Crippen LogP contribution is -2.61. The van der Waals surface area contributed by atoms with E-state index in [4.69, 9.17) is 33.2 Å². The Balaban J connectivity index is 1.15. The first-order chi connectivity index (χ1) is 42.5. The molecule has 0 unspecified atom stereocenters. The monoisotopic (exact) mass is 1250 g/mol. The number of aliphatic hydroxyl groups is 3. The van der Waals surface area contributed by atoms with Crippen molar-refractivity contribution in [3.05, 3.63) is 65.6 Å². The minimum absolute atomic E-state index is 0.00109. The molecule has 4 fully saturated rings. The van der Waals surface area contributed by atoms with Crippen molar-refractivity contribution >= 4 is 41.4 Å². The fourth-order valence-corrected chi connectivity index (χ4v) is 13.1. The third kappa shape index (κ3) is 20.5. The second-order valence-corrected chi connectivity index (χ2v) is 25.6. The van der Waals surface area contributed by atoms with E-state index >= 15 is 0 Å². The molecule has 3 amide bonds. The van der Waals surface area contributed by atoms with Crippen molar-refractivity contribution in [3.63, 3.8) is 0 Å². The van der Waals surface area contributed by atoms with Crippen molar-refractivity contribution in [2.24, 2.45) is 35.5 Å². The van der Waals surface area contributed by atoms with Gasteiger partial charge in [-0.3, -0.25) is 19.2 Å². The van der Waals surface area contributed by atoms with Crippen molar-refractivity contribution in [3.8, 4) is 0 Å². The van der Waals surface area contributed by atoms with E-state index in [0.29, 0.717) is 127 Å². The molecule has 1 saturated carbocycles. The van der Waals surface area contributed by atoms with Crippen LogP contribution in [0.15, 0.2) is 60.0 Å². The molecule has 22 heteroatoms. The quantitative estimate of drug-likeness (QED) is 0.0587. The SMILES string of the molecule is CCCOCCC(=O)N1CCN(c2ncc(CNC(=O)O[C@@H]3CC[C@@H](C[C@@H](C)[C@@H]4C[C@@H](O)[C@H](C)/C=C(\C)[C@@H](O)[C@@H](OC)C(=O)[C@H](C)C[C@H](C)/C=C/C=C/C=C(\C)[C@@H](OC)C[C@@H]5CC[C@@H](C)[C@@](O)(O5)C(=O)C(=O)N5CCCC[C@H]5C(=O)O4)C[C@H]3OC)cn2)CC1. The number of carbonyl (C=O) groups excluding carboxylic acids is 6. The van der Waals surface area contributed by atoms with Gasteiger partial charge in [0.15, 0.2) is 5.78 Å². The maximum atomic E-state index is 14.7. The molecule has 2 bridgehead atoms. The van der Waals surface area contributed by atoms with E-state index in [2.05, 4.69) is 15.3 Å². The molecule has 5 heterocycles. The van der Waals surface area contributed by atoms with E-state index in [9.17, 15) is 44.1 Å². The lowest BCUT2D eigenvalue weighted by molar-refractivity contribution is -0.265. The summed E-state index contributed by atoms with van der Waals surface area (Å²) in [6, 6.07) is -1.17. The molecule has 3 saturated heterocycles. The van der Waals surface area contributed by atoms with Gasteiger partial charge >= 0.3 is 12.1 Å². The van der Waals surface area contributed by atoms with Gasteiger partial charge in [0, 0.05) is 116 Å². The Morgan fingerprint density at radius 2 is 1.55 bits per heavy atom. The maximum Gasteiger partial charge on any atom is 0.407 e. The van der Waals surface area contributed by atoms with Gasteiger partial charge < -0.3 is 68.5 Å². The summed E-state index contributed by atoms with van der Waals surface area (Å²) in [5, 5.41) is 38.6. The first-order valence-electron chi connectivity index (χ1n) is 32.5. The molecule has 22 nitrogen and oxygen atoms in total. The highest BCUT2D eigenvalue weighted by molar-refractivity contribution is 6.39. The topological polar surface area (TPSA) is 275 Å². The number of hydrogen-bond donors (Lipinski definition) is 4. The lowest BCUT2D eigenvalue weighted by Gasteiger charge is -2.43. The average molecular weight is 1250 g/mol. The van der Waals surface area contributed by atoms with Crippen LogP contribution in [0, 0.1) is 35.5 Å². The number of cyclic esters (lactones) is 1. The average Bonchev–Trinajstić information content (AvgIpc) is 3.70. The third-order valence-corrected chi connectivity index (χ3v) is 18.7. The van der Waals surface area contributed by atoms with Crippen LogP contribution >= 0.6 is 0 Å². The zero-order valence-corrected chi connectivity index (χ0v) is 54.7. The normalized spacial score (nSPS) is 34.4. The maximum absolute atomic E-state index is 14.7. The number of Topliss-reactive ketones (excluding diaryl/α,β-unsaturated/α-hetero) is 2. The van der Waals surface area contributed by atoms with Gasteiger partial charge in [-0.2, -0.15) is 0 Å². The van der Waals surface area contributed by atoms with Crippen LogP contribution < -0.4 is 10.2 Å². The molecule has 6 rings (SSSR count). The van der Waals surface area contributed by atoms with Crippen LogP contribution in [-0.4, -0.2) is 198 Å². The summed E-state index contributed by atoms with van der Waals surface area (Å²) < 4.78 is 41.6. The minimum atomic E-state index is -2.46. The number of aromatic nitrogens is 2. The van der Waals surface area contributed by atoms with Crippen LogP contribution in [0.3, 0.4) is 0 Å². The molecule has 1 aliphatic carbocycles. The van der Waals surface area contributed by atoms with Gasteiger partial charge in [-0.05, 0) is 113 Å². The number of fused-ring (bicyclic) bond motifs is 3. The van der Waals surface area contributed by atoms with Gasteiger partial charge in [0.05, 0.1) is 37.4 Å². The van der Waals surface area contributed by atoms with Gasteiger partial charge in [-0.1, -0.05) is 78.0 Å². The molecule has 16 atom stereocenters. The third-order valence-electron chi connectivity index (χ3n) is 18.7. The van der Waals surface area contributed by atoms with E-state index in [1.54, 1.807) is 53.5 Å². The fourth-order valence-electron chi connectivity index (χ4n) is 13.1. The van der Waals surface area contributed by atoms with Crippen LogP contribution in [0.4, 0.5) is 10.7 Å². The molecule has 4 aliphatic heterocycles. The van der Waals surface area contributed by atoms with Gasteiger partial charge in [-0.25, -0.2) is 19.6 Å². The van der Waals surface area contributed by atoms with Crippen LogP contribution in [0.2, 0.25) is 0 Å². The first kappa shape index (κ1) is 72.6. The number of allylic oxidation sites excluding steroid dienone is 5. The number of ketones is 2. The summed E-state index contributed by atoms with van der Waals surface area (Å²) >= 11 is 0. The number of alkyl carbamates (subject to hydrolysis) is 1. The molecular formula is C67H104N6O16. The molecule has 89 heavy (non-hydrogen) atoms. The number of anilines is 1. The number of amides is 3. The van der Waals surface area contributed by atoms with Crippen molar-refractivity contribution in [2.75, 3.05) is 72.2 Å². The highest BCUT2D eigenvalue weighted by Crippen LogP contribution is 2.38. The van der Waals surface area contributed by atoms with Crippen molar-refractivity contribution in [2.45, 2.75) is 212 Å². The molecule has 5 aliphatic rings. The van der Waals surface area contributed by atoms with E-state index in [0.717, 1.165) is 12.0 Å². The van der Waals surface area contributed by atoms with Crippen LogP contribution in [-0.2, 0) is 63.7 Å². The Bertz CT molecular complexity index is 2590. The zero-order chi connectivity index (χ0) is 65.0. The molecule has 0 radical (unpaired) electrons. The number of piperazine rings is 1. The van der Waals surface area contributed by atoms with Crippen LogP contribution in [0.25, 0.3) is 0 Å². The molecule has 498 valence electrons. The largest absolute Gasteiger partial charge is 0.460 e. The number of esters is 1. The Morgan fingerprint density at radius 3 is 2.24 bits per heavy atom. The van der Waals surface area contributed by atoms with Gasteiger partial charge in [-0.15, -0.1) is 0 Å². The first-order valence-corrected chi connectivity index (χ1v) is 32.5. The number of aliphatic hydroxyl groups excluding tert-OH is 2. The van der Waals surface area contributed by atoms with Gasteiger partial charge in [0.25, 0.3) is 11.7 Å². The molecule has 1 aromatic rings. The number of nitrogens with one attached hydrogen (secondary N) is 1. The number of nitrogens with zero attached hydrogens (tertiary/aromatic N) is 5. The van der Waals surface area contributed by atoms with Gasteiger partial charge in [0.1, 0.15) is 30.5 Å². The summed E-state index contributed by atoms with van der Waals surface area (Å²) in [6.07, 6.45) is 13.6. The van der Waals surface area contributed by atoms with Crippen LogP contribution in [0.5, 0.6) is 0 Å². The van der Waals surface area contributed by atoms with Gasteiger partial charge in [0.2, 0.25) is 17.6 Å². The van der Waals surface area contributed by atoms with Crippen molar-refractivity contribution < 1.29 is 77.2 Å². The number of methoxy groups -OCH3 is 3. The van der Waals surface area contributed by atoms with E-state index in [1.165, 1.54) is 12.0 Å². The molecule has 1 aromatic heterocycles. The Kier molecular flexibility index (Phi) is 28.9. The summed E-state index contributed by atoms with van der Waals surface area (Å²) in [7, 11) is 4.53. The second kappa shape index (κ2) is 35.4. The fraction of sp³-hybridized carbons (Fsp3) is 0.731. The summed E-state index contributed by atoms with van der Waals surface area (Å²) in [6.45, 7) is 18.4. The van der Waals surface area contributed by atoms with E-state index in [-0.39, 0.29) is 55.4 Å². The molecule has 0 spiro atoms. The Labute approximate surface area is 527 Å². The Morgan fingerprint density at radius 1 is 0.820 bits per heavy atom. The second-order valence-electron chi connectivity index (χ2n) is 25.6. The predicted octanol–water partition coefficient (Wildman–Crippen LogP) is 7.16. The predicted molar refractivity (Wildman–Crippen MR) is 334 cm³/mol. The van der Waals surface area contributed by atoms with Crippen LogP contribution in [0.1, 0.15) is 151 Å². The van der Waals surface area contributed by atoms with E-state index in [1.807, 2.05) is 74.8 Å². The summed E-state index contributed by atoms with van der Waals surface area (Å²) in [4.78, 5) is 97.6. The van der Waals surface area contributed by atoms with E-state index < -0.39 is 102 Å². The van der Waals surface area contributed by atoms with Crippen molar-refractivity contribution in [1.29, 1.82) is 0 Å². The van der Waals surface area contributed by atoms with Crippen molar-refractivity contribution in [1.82, 2.24) is 25.1 Å². The number of carbonyl (C=O) groups is 6. The summed E-state index contributed by atoms with van der Waals surface area (Å²) in [5.41, 5.74) is 1.96. The smallest absolute Gasteiger partial charge is 0.407 e. The molecule has 4 N–H and O–H groups in total.